The van der Waals surface area contributed by atoms with Gasteiger partial charge in [-0.3, -0.25) is 0 Å². The van der Waals surface area contributed by atoms with Gasteiger partial charge in [0, 0.05) is 34.2 Å². The standard InChI is InChI=1S/C49H41N3O.Pt/c1-47(2,3)34-20-15-21-35(30-34)52-42-23-14-13-22-37(42)38-25-27-43(51-46(38)52)53-36-24-26-40-39(31-36)45-44(41(28-29-50-45)48(4,5)6)49(40,32-16-9-7-10-17-32)33-18-11-8-12-19-33;/h7-20,22-30H,1-6H3;/q-2;+2. The van der Waals surface area contributed by atoms with Crippen molar-refractivity contribution in [2.24, 2.45) is 0 Å². The molecule has 0 N–H and O–H groups in total. The van der Waals surface area contributed by atoms with Crippen molar-refractivity contribution < 1.29 is 25.8 Å². The molecule has 8 aromatic rings. The van der Waals surface area contributed by atoms with Gasteiger partial charge in [0.05, 0.1) is 5.52 Å². The molecule has 0 fully saturated rings. The summed E-state index contributed by atoms with van der Waals surface area (Å²) in [5.74, 6) is 1.09. The molecule has 0 saturated carbocycles. The second-order valence-corrected chi connectivity index (χ2v) is 16.1. The van der Waals surface area contributed by atoms with Gasteiger partial charge in [0.2, 0.25) is 5.88 Å². The van der Waals surface area contributed by atoms with Gasteiger partial charge in [-0.25, -0.2) is 0 Å². The predicted molar refractivity (Wildman–Crippen MR) is 215 cm³/mol. The Hall–Kier alpha value is -5.31. The maximum absolute atomic E-state index is 6.65. The molecule has 0 saturated heterocycles. The molecule has 1 aliphatic rings. The molecule has 3 heterocycles. The van der Waals surface area contributed by atoms with Crippen molar-refractivity contribution in [3.63, 3.8) is 0 Å². The van der Waals surface area contributed by atoms with Gasteiger partial charge >= 0.3 is 21.1 Å². The van der Waals surface area contributed by atoms with Crippen LogP contribution in [0.25, 0.3) is 38.9 Å². The van der Waals surface area contributed by atoms with Crippen LogP contribution in [0.2, 0.25) is 0 Å². The zero-order chi connectivity index (χ0) is 36.5. The van der Waals surface area contributed by atoms with Gasteiger partial charge in [0.1, 0.15) is 5.65 Å². The summed E-state index contributed by atoms with van der Waals surface area (Å²) < 4.78 is 8.85. The van der Waals surface area contributed by atoms with E-state index >= 15 is 0 Å². The molecule has 0 aliphatic heterocycles. The van der Waals surface area contributed by atoms with E-state index in [1.54, 1.807) is 0 Å². The van der Waals surface area contributed by atoms with Crippen LogP contribution in [0.15, 0.2) is 140 Å². The predicted octanol–water partition coefficient (Wildman–Crippen LogP) is 11.9. The molecule has 0 unspecified atom stereocenters. The molecule has 0 spiro atoms. The number of hydrogen-bond donors (Lipinski definition) is 0. The summed E-state index contributed by atoms with van der Waals surface area (Å²) in [4.78, 5) is 10.3. The fraction of sp³-hybridized carbons (Fsp3) is 0.184. The number of fused-ring (bicyclic) bond motifs is 6. The Morgan fingerprint density at radius 1 is 0.685 bits per heavy atom. The third-order valence-corrected chi connectivity index (χ3v) is 10.7. The van der Waals surface area contributed by atoms with Crippen molar-refractivity contribution in [1.29, 1.82) is 0 Å². The third-order valence-electron chi connectivity index (χ3n) is 10.7. The van der Waals surface area contributed by atoms with Gasteiger partial charge in [-0.1, -0.05) is 132 Å². The summed E-state index contributed by atoms with van der Waals surface area (Å²) in [6, 6.07) is 54.2. The maximum atomic E-state index is 6.65. The van der Waals surface area contributed by atoms with Gasteiger partial charge in [-0.05, 0) is 57.0 Å². The van der Waals surface area contributed by atoms with Gasteiger partial charge in [-0.2, -0.15) is 28.7 Å². The fourth-order valence-electron chi connectivity index (χ4n) is 8.25. The maximum Gasteiger partial charge on any atom is 2.00 e. The first kappa shape index (κ1) is 35.7. The molecule has 3 aromatic heterocycles. The molecule has 9 rings (SSSR count). The van der Waals surface area contributed by atoms with Crippen LogP contribution in [0.3, 0.4) is 0 Å². The SMILES string of the molecule is CC(C)(C)c1cc[c-]c(-n2c3ccccc3c3ccc(Oc4[c-]c5c(cc4)C(c4ccccc4)(c4ccccc4)c4c(C(C)(C)C)ccnc4-5)nc32)c1.[Pt+2]. The van der Waals surface area contributed by atoms with Crippen LogP contribution in [0.1, 0.15) is 74.9 Å². The van der Waals surface area contributed by atoms with E-state index in [2.05, 4.69) is 174 Å². The molecular weight excluding hydrogens is 842 g/mol. The second kappa shape index (κ2) is 13.2. The van der Waals surface area contributed by atoms with Crippen molar-refractivity contribution in [3.05, 3.63) is 185 Å². The van der Waals surface area contributed by atoms with E-state index in [4.69, 9.17) is 14.7 Å². The molecule has 54 heavy (non-hydrogen) atoms. The number of rotatable bonds is 5. The third kappa shape index (κ3) is 5.62. The first-order chi connectivity index (χ1) is 25.5. The monoisotopic (exact) mass is 882 g/mol. The summed E-state index contributed by atoms with van der Waals surface area (Å²) in [7, 11) is 0. The molecule has 0 atom stereocenters. The Balaban J connectivity index is 0.00000413. The number of ether oxygens (including phenoxy) is 1. The molecule has 0 radical (unpaired) electrons. The van der Waals surface area contributed by atoms with E-state index < -0.39 is 5.41 Å². The van der Waals surface area contributed by atoms with Crippen molar-refractivity contribution in [3.8, 4) is 28.6 Å². The van der Waals surface area contributed by atoms with E-state index in [9.17, 15) is 0 Å². The average molecular weight is 883 g/mol. The summed E-state index contributed by atoms with van der Waals surface area (Å²) in [5, 5.41) is 2.19. The van der Waals surface area contributed by atoms with Gasteiger partial charge < -0.3 is 14.3 Å². The molecule has 5 heteroatoms. The molecule has 4 nitrogen and oxygen atoms in total. The van der Waals surface area contributed by atoms with Crippen molar-refractivity contribution in [1.82, 2.24) is 14.5 Å². The van der Waals surface area contributed by atoms with Crippen molar-refractivity contribution >= 4 is 21.9 Å². The number of aromatic nitrogens is 3. The first-order valence-corrected chi connectivity index (χ1v) is 18.3. The number of para-hydroxylation sites is 1. The Kier molecular flexibility index (Phi) is 8.74. The van der Waals surface area contributed by atoms with E-state index in [-0.39, 0.29) is 31.9 Å². The molecule has 5 aromatic carbocycles. The fourth-order valence-corrected chi connectivity index (χ4v) is 8.25. The quantitative estimate of drug-likeness (QED) is 0.162. The van der Waals surface area contributed by atoms with E-state index in [1.165, 1.54) is 27.8 Å². The molecule has 0 amide bonds. The molecular formula is C49H41N3OPt. The van der Waals surface area contributed by atoms with Crippen LogP contribution in [-0.2, 0) is 37.3 Å². The minimum absolute atomic E-state index is 0. The van der Waals surface area contributed by atoms with Crippen LogP contribution in [-0.4, -0.2) is 14.5 Å². The van der Waals surface area contributed by atoms with E-state index in [0.717, 1.165) is 44.4 Å². The van der Waals surface area contributed by atoms with Crippen LogP contribution in [0.5, 0.6) is 11.6 Å². The minimum Gasteiger partial charge on any atom is -0.459 e. The van der Waals surface area contributed by atoms with E-state index in [0.29, 0.717) is 11.6 Å². The Morgan fingerprint density at radius 2 is 1.37 bits per heavy atom. The van der Waals surface area contributed by atoms with Crippen LogP contribution in [0, 0.1) is 12.1 Å². The zero-order valence-corrected chi connectivity index (χ0v) is 33.6. The summed E-state index contributed by atoms with van der Waals surface area (Å²) in [6.07, 6.45) is 1.94. The summed E-state index contributed by atoms with van der Waals surface area (Å²) >= 11 is 0. The van der Waals surface area contributed by atoms with Gasteiger partial charge in [-0.15, -0.1) is 29.3 Å². The zero-order valence-electron chi connectivity index (χ0n) is 31.3. The second-order valence-electron chi connectivity index (χ2n) is 16.1. The number of hydrogen-bond acceptors (Lipinski definition) is 3. The van der Waals surface area contributed by atoms with Gasteiger partial charge in [0.25, 0.3) is 0 Å². The molecule has 0 bridgehead atoms. The van der Waals surface area contributed by atoms with Crippen LogP contribution < -0.4 is 4.74 Å². The Bertz CT molecular complexity index is 2630. The number of nitrogens with zero attached hydrogens (tertiary/aromatic N) is 3. The number of benzene rings is 5. The Morgan fingerprint density at radius 3 is 2.06 bits per heavy atom. The van der Waals surface area contributed by atoms with E-state index in [1.807, 2.05) is 24.4 Å². The molecule has 1 aliphatic carbocycles. The minimum atomic E-state index is -0.588. The summed E-state index contributed by atoms with van der Waals surface area (Å²) in [5.41, 5.74) is 11.2. The smallest absolute Gasteiger partial charge is 0.459 e. The first-order valence-electron chi connectivity index (χ1n) is 18.3. The van der Waals surface area contributed by atoms with Crippen LogP contribution >= 0.6 is 0 Å². The topological polar surface area (TPSA) is 39.9 Å². The average Bonchev–Trinajstić information content (AvgIpc) is 3.65. The van der Waals surface area contributed by atoms with Crippen LogP contribution in [0.4, 0.5) is 0 Å². The number of pyridine rings is 2. The van der Waals surface area contributed by atoms with Crippen molar-refractivity contribution in [2.45, 2.75) is 57.8 Å². The molecule has 268 valence electrons. The normalized spacial score (nSPS) is 13.4. The van der Waals surface area contributed by atoms with Gasteiger partial charge in [0.15, 0.2) is 0 Å². The summed E-state index contributed by atoms with van der Waals surface area (Å²) in [6.45, 7) is 13.5. The Labute approximate surface area is 332 Å². The van der Waals surface area contributed by atoms with Crippen molar-refractivity contribution in [2.75, 3.05) is 0 Å². The largest absolute Gasteiger partial charge is 2.00 e.